The van der Waals surface area contributed by atoms with Crippen molar-refractivity contribution in [1.29, 1.82) is 0 Å². The van der Waals surface area contributed by atoms with Crippen molar-refractivity contribution in [2.75, 3.05) is 6.61 Å². The summed E-state index contributed by atoms with van der Waals surface area (Å²) in [5.41, 5.74) is 0.478. The Morgan fingerprint density at radius 1 is 1.09 bits per heavy atom. The maximum Gasteiger partial charge on any atom is 0.343 e. The van der Waals surface area contributed by atoms with Gasteiger partial charge in [-0.1, -0.05) is 29.8 Å². The first-order chi connectivity index (χ1) is 10.5. The van der Waals surface area contributed by atoms with E-state index in [0.29, 0.717) is 28.3 Å². The van der Waals surface area contributed by atoms with Crippen molar-refractivity contribution in [2.45, 2.75) is 13.8 Å². The summed E-state index contributed by atoms with van der Waals surface area (Å²) in [5.74, 6) is 1.28. The van der Waals surface area contributed by atoms with Crippen LogP contribution in [0.4, 0.5) is 0 Å². The average Bonchev–Trinajstić information content (AvgIpc) is 2.48. The van der Waals surface area contributed by atoms with Gasteiger partial charge in [-0.2, -0.15) is 0 Å². The Morgan fingerprint density at radius 2 is 1.77 bits per heavy atom. The second-order valence-corrected chi connectivity index (χ2v) is 6.96. The number of halogens is 2. The summed E-state index contributed by atoms with van der Waals surface area (Å²) in [5, 5.41) is 0. The van der Waals surface area contributed by atoms with E-state index < -0.39 is 5.97 Å². The molecule has 0 bridgehead atoms. The normalized spacial score (nSPS) is 10.6. The molecule has 0 unspecified atom stereocenters. The topological polar surface area (TPSA) is 35.5 Å². The predicted octanol–water partition coefficient (Wildman–Crippen LogP) is 5.47. The van der Waals surface area contributed by atoms with Crippen LogP contribution < -0.4 is 9.47 Å². The maximum absolute atomic E-state index is 12.1. The molecule has 0 heterocycles. The minimum atomic E-state index is -0.404. The number of carbonyl (C=O) groups is 1. The lowest BCUT2D eigenvalue weighted by atomic mass is 10.2. The summed E-state index contributed by atoms with van der Waals surface area (Å²) in [6.07, 6.45) is 0. The van der Waals surface area contributed by atoms with Gasteiger partial charge in [0.1, 0.15) is 11.5 Å². The third kappa shape index (κ3) is 4.85. The monoisotopic (exact) mass is 426 g/mol. The quantitative estimate of drug-likeness (QED) is 0.469. The number of hydrogen-bond acceptors (Lipinski definition) is 3. The molecule has 116 valence electrons. The van der Waals surface area contributed by atoms with E-state index in [0.717, 1.165) is 10.2 Å². The molecule has 0 saturated carbocycles. The van der Waals surface area contributed by atoms with E-state index in [2.05, 4.69) is 45.7 Å². The molecule has 0 amide bonds. The predicted molar refractivity (Wildman–Crippen MR) is 93.6 cm³/mol. The third-order valence-electron chi connectivity index (χ3n) is 2.77. The van der Waals surface area contributed by atoms with E-state index in [1.54, 1.807) is 30.3 Å². The molecule has 0 fully saturated rings. The van der Waals surface area contributed by atoms with Gasteiger partial charge in [-0.3, -0.25) is 0 Å². The van der Waals surface area contributed by atoms with E-state index in [4.69, 9.17) is 9.47 Å². The molecule has 2 rings (SSSR count). The first-order valence-electron chi connectivity index (χ1n) is 6.86. The molecule has 0 radical (unpaired) electrons. The molecular weight excluding hydrogens is 412 g/mol. The molecule has 3 nitrogen and oxygen atoms in total. The Labute approximate surface area is 146 Å². The van der Waals surface area contributed by atoms with Crippen LogP contribution in [0.1, 0.15) is 24.2 Å². The van der Waals surface area contributed by atoms with Crippen molar-refractivity contribution in [3.8, 4) is 11.5 Å². The van der Waals surface area contributed by atoms with Gasteiger partial charge in [0, 0.05) is 4.47 Å². The number of benzene rings is 2. The number of esters is 1. The lowest BCUT2D eigenvalue weighted by Crippen LogP contribution is -2.09. The van der Waals surface area contributed by atoms with Gasteiger partial charge in [0.05, 0.1) is 16.6 Å². The number of hydrogen-bond donors (Lipinski definition) is 0. The molecule has 0 aliphatic carbocycles. The minimum absolute atomic E-state index is 0.404. The van der Waals surface area contributed by atoms with Crippen LogP contribution in [0.5, 0.6) is 11.5 Å². The zero-order valence-corrected chi connectivity index (χ0v) is 15.5. The summed E-state index contributed by atoms with van der Waals surface area (Å²) in [6.45, 7) is 4.82. The fourth-order valence-electron chi connectivity index (χ4n) is 1.67. The summed E-state index contributed by atoms with van der Waals surface area (Å²) in [7, 11) is 0. The summed E-state index contributed by atoms with van der Waals surface area (Å²) < 4.78 is 12.6. The molecule has 0 aliphatic heterocycles. The van der Waals surface area contributed by atoms with Gasteiger partial charge in [0.25, 0.3) is 0 Å². The van der Waals surface area contributed by atoms with E-state index in [1.165, 1.54) is 0 Å². The van der Waals surface area contributed by atoms with E-state index >= 15 is 0 Å². The average molecular weight is 428 g/mol. The Morgan fingerprint density at radius 3 is 2.36 bits per heavy atom. The van der Waals surface area contributed by atoms with Gasteiger partial charge in [0.15, 0.2) is 0 Å². The van der Waals surface area contributed by atoms with E-state index in [9.17, 15) is 4.79 Å². The fourth-order valence-corrected chi connectivity index (χ4v) is 2.79. The van der Waals surface area contributed by atoms with Gasteiger partial charge >= 0.3 is 5.97 Å². The SMILES string of the molecule is CC(C)COc1ccc(C(=O)Oc2ccc(Br)cc2Br)cc1. The minimum Gasteiger partial charge on any atom is -0.493 e. The molecule has 2 aromatic rings. The highest BCUT2D eigenvalue weighted by Crippen LogP contribution is 2.29. The highest BCUT2D eigenvalue weighted by atomic mass is 79.9. The molecule has 5 heteroatoms. The van der Waals surface area contributed by atoms with Crippen molar-refractivity contribution < 1.29 is 14.3 Å². The highest BCUT2D eigenvalue weighted by Gasteiger charge is 2.11. The van der Waals surface area contributed by atoms with Crippen LogP contribution >= 0.6 is 31.9 Å². The van der Waals surface area contributed by atoms with Crippen LogP contribution in [0.2, 0.25) is 0 Å². The Kier molecular flexibility index (Phi) is 6.03. The molecule has 0 saturated heterocycles. The van der Waals surface area contributed by atoms with E-state index in [-0.39, 0.29) is 0 Å². The second-order valence-electron chi connectivity index (χ2n) is 5.19. The summed E-state index contributed by atoms with van der Waals surface area (Å²) >= 11 is 6.72. The van der Waals surface area contributed by atoms with Gasteiger partial charge in [-0.15, -0.1) is 0 Å². The number of rotatable bonds is 5. The standard InChI is InChI=1S/C17H16Br2O3/c1-11(2)10-21-14-6-3-12(4-7-14)17(20)22-16-8-5-13(18)9-15(16)19/h3-9,11H,10H2,1-2H3. The molecule has 0 spiro atoms. The van der Waals surface area contributed by atoms with E-state index in [1.807, 2.05) is 12.1 Å². The zero-order chi connectivity index (χ0) is 16.1. The number of ether oxygens (including phenoxy) is 2. The molecule has 0 aliphatic rings. The first-order valence-corrected chi connectivity index (χ1v) is 8.44. The van der Waals surface area contributed by atoms with Crippen molar-refractivity contribution in [3.63, 3.8) is 0 Å². The van der Waals surface area contributed by atoms with Gasteiger partial charge in [-0.25, -0.2) is 4.79 Å². The number of carbonyl (C=O) groups excluding carboxylic acids is 1. The van der Waals surface area contributed by atoms with Crippen molar-refractivity contribution in [2.24, 2.45) is 5.92 Å². The van der Waals surface area contributed by atoms with Gasteiger partial charge < -0.3 is 9.47 Å². The van der Waals surface area contributed by atoms with Crippen molar-refractivity contribution in [3.05, 3.63) is 57.0 Å². The molecule has 0 N–H and O–H groups in total. The van der Waals surface area contributed by atoms with Crippen LogP contribution in [0, 0.1) is 5.92 Å². The first kappa shape index (κ1) is 17.0. The van der Waals surface area contributed by atoms with Crippen LogP contribution in [-0.2, 0) is 0 Å². The van der Waals surface area contributed by atoms with Crippen LogP contribution in [-0.4, -0.2) is 12.6 Å². The molecule has 22 heavy (non-hydrogen) atoms. The van der Waals surface area contributed by atoms with Gasteiger partial charge in [0.2, 0.25) is 0 Å². The Bertz CT molecular complexity index is 651. The second kappa shape index (κ2) is 7.79. The third-order valence-corrected chi connectivity index (χ3v) is 3.88. The van der Waals surface area contributed by atoms with Crippen LogP contribution in [0.15, 0.2) is 51.4 Å². The zero-order valence-electron chi connectivity index (χ0n) is 12.3. The lowest BCUT2D eigenvalue weighted by Gasteiger charge is -2.09. The fraction of sp³-hybridized carbons (Fsp3) is 0.235. The summed E-state index contributed by atoms with van der Waals surface area (Å²) in [4.78, 5) is 12.1. The highest BCUT2D eigenvalue weighted by molar-refractivity contribution is 9.11. The Balaban J connectivity index is 2.03. The largest absolute Gasteiger partial charge is 0.493 e. The molecule has 0 atom stereocenters. The van der Waals surface area contributed by atoms with Crippen molar-refractivity contribution in [1.82, 2.24) is 0 Å². The van der Waals surface area contributed by atoms with Crippen LogP contribution in [0.3, 0.4) is 0 Å². The smallest absolute Gasteiger partial charge is 0.343 e. The van der Waals surface area contributed by atoms with Gasteiger partial charge in [-0.05, 0) is 64.3 Å². The Hall–Kier alpha value is -1.33. The molecular formula is C17H16Br2O3. The maximum atomic E-state index is 12.1. The lowest BCUT2D eigenvalue weighted by molar-refractivity contribution is 0.0733. The van der Waals surface area contributed by atoms with Crippen molar-refractivity contribution >= 4 is 37.8 Å². The molecule has 2 aromatic carbocycles. The van der Waals surface area contributed by atoms with Crippen LogP contribution in [0.25, 0.3) is 0 Å². The molecule has 0 aromatic heterocycles. The summed E-state index contributed by atoms with van der Waals surface area (Å²) in [6, 6.07) is 12.3.